The molecule has 1 amide bonds. The molecule has 3 aromatic rings. The van der Waals surface area contributed by atoms with Gasteiger partial charge < -0.3 is 15.8 Å². The van der Waals surface area contributed by atoms with Gasteiger partial charge in [0, 0.05) is 23.7 Å². The van der Waals surface area contributed by atoms with Crippen LogP contribution in [0, 0.1) is 0 Å². The Morgan fingerprint density at radius 2 is 1.81 bits per heavy atom. The summed E-state index contributed by atoms with van der Waals surface area (Å²) in [4.78, 5) is 15.9. The van der Waals surface area contributed by atoms with E-state index in [1.165, 1.54) is 0 Å². The zero-order chi connectivity index (χ0) is 18.2. The summed E-state index contributed by atoms with van der Waals surface area (Å²) < 4.78 is 5.17. The second-order valence-electron chi connectivity index (χ2n) is 5.82. The molecule has 132 valence electrons. The minimum atomic E-state index is -0.415. The van der Waals surface area contributed by atoms with Crippen LogP contribution in [-0.2, 0) is 11.3 Å². The maximum absolute atomic E-state index is 11.7. The van der Waals surface area contributed by atoms with Crippen molar-refractivity contribution in [3.8, 4) is 0 Å². The van der Waals surface area contributed by atoms with E-state index in [4.69, 9.17) is 10.5 Å². The molecule has 26 heavy (non-hydrogen) atoms. The lowest BCUT2D eigenvalue weighted by Crippen LogP contribution is -2.24. The van der Waals surface area contributed by atoms with Crippen molar-refractivity contribution >= 4 is 28.8 Å². The van der Waals surface area contributed by atoms with E-state index in [9.17, 15) is 4.79 Å². The molecule has 0 aliphatic rings. The van der Waals surface area contributed by atoms with Crippen molar-refractivity contribution in [2.75, 3.05) is 12.3 Å². The highest BCUT2D eigenvalue weighted by molar-refractivity contribution is 5.96. The van der Waals surface area contributed by atoms with Gasteiger partial charge in [0.1, 0.15) is 12.4 Å². The summed E-state index contributed by atoms with van der Waals surface area (Å²) in [7, 11) is 0. The third kappa shape index (κ3) is 4.60. The van der Waals surface area contributed by atoms with Crippen molar-refractivity contribution in [3.63, 3.8) is 0 Å². The minimum absolute atomic E-state index is 0.269. The number of amides is 1. The molecule has 0 saturated carbocycles. The molecule has 1 heterocycles. The van der Waals surface area contributed by atoms with Gasteiger partial charge in [-0.2, -0.15) is 0 Å². The molecule has 0 spiro atoms. The maximum atomic E-state index is 11.7. The minimum Gasteiger partial charge on any atom is -0.445 e. The van der Waals surface area contributed by atoms with E-state index in [2.05, 4.69) is 10.3 Å². The number of nitrogen functional groups attached to an aromatic ring is 1. The molecule has 0 bridgehead atoms. The molecule has 0 unspecified atom stereocenters. The van der Waals surface area contributed by atoms with Crippen LogP contribution < -0.4 is 11.1 Å². The summed E-state index contributed by atoms with van der Waals surface area (Å²) in [5.74, 6) is 0.528. The molecule has 1 aromatic heterocycles. The Morgan fingerprint density at radius 3 is 2.62 bits per heavy atom. The first-order valence-corrected chi connectivity index (χ1v) is 8.48. The first-order valence-electron chi connectivity index (χ1n) is 8.48. The number of aromatic nitrogens is 1. The molecule has 5 nitrogen and oxygen atoms in total. The predicted octanol–water partition coefficient (Wildman–Crippen LogP) is 4.15. The lowest BCUT2D eigenvalue weighted by molar-refractivity contribution is 0.140. The second kappa shape index (κ2) is 8.67. The molecule has 2 aromatic carbocycles. The van der Waals surface area contributed by atoms with Gasteiger partial charge in [-0.05, 0) is 17.4 Å². The Morgan fingerprint density at radius 1 is 1.08 bits per heavy atom. The van der Waals surface area contributed by atoms with E-state index in [-0.39, 0.29) is 6.61 Å². The van der Waals surface area contributed by atoms with E-state index in [0.29, 0.717) is 18.8 Å². The standard InChI is InChI=1S/C21H21N3O2/c22-20-19-12-5-4-11-18(19)17(14-24-20)10-6-7-13-23-21(25)26-15-16-8-2-1-3-9-16/h1-6,8-12,14H,7,13,15H2,(H2,22,24)(H,23,25). The van der Waals surface area contributed by atoms with Crippen molar-refractivity contribution in [2.24, 2.45) is 0 Å². The number of hydrogen-bond acceptors (Lipinski definition) is 4. The summed E-state index contributed by atoms with van der Waals surface area (Å²) in [6.07, 6.45) is 6.03. The third-order valence-electron chi connectivity index (χ3n) is 3.95. The number of ether oxygens (including phenoxy) is 1. The van der Waals surface area contributed by atoms with Gasteiger partial charge in [0.2, 0.25) is 0 Å². The fraction of sp³-hybridized carbons (Fsp3) is 0.143. The molecule has 3 rings (SSSR count). The van der Waals surface area contributed by atoms with E-state index < -0.39 is 6.09 Å². The van der Waals surface area contributed by atoms with Gasteiger partial charge in [-0.15, -0.1) is 0 Å². The second-order valence-corrected chi connectivity index (χ2v) is 5.82. The molecule has 0 atom stereocenters. The third-order valence-corrected chi connectivity index (χ3v) is 3.95. The van der Waals surface area contributed by atoms with E-state index in [1.807, 2.05) is 66.7 Å². The van der Waals surface area contributed by atoms with Crippen LogP contribution in [0.2, 0.25) is 0 Å². The van der Waals surface area contributed by atoms with E-state index >= 15 is 0 Å². The SMILES string of the molecule is Nc1ncc(C=CCCNC(=O)OCc2ccccc2)c2ccccc12. The van der Waals surface area contributed by atoms with E-state index in [0.717, 1.165) is 21.9 Å². The van der Waals surface area contributed by atoms with Crippen molar-refractivity contribution in [3.05, 3.63) is 78.0 Å². The van der Waals surface area contributed by atoms with Gasteiger partial charge in [-0.3, -0.25) is 0 Å². The fourth-order valence-electron chi connectivity index (χ4n) is 2.61. The molecule has 3 N–H and O–H groups in total. The summed E-state index contributed by atoms with van der Waals surface area (Å²) in [6, 6.07) is 17.5. The van der Waals surface area contributed by atoms with Gasteiger partial charge in [0.25, 0.3) is 0 Å². The zero-order valence-corrected chi connectivity index (χ0v) is 14.4. The quantitative estimate of drug-likeness (QED) is 0.657. The number of rotatable bonds is 6. The Hall–Kier alpha value is -3.34. The number of nitrogens with one attached hydrogen (secondary N) is 1. The zero-order valence-electron chi connectivity index (χ0n) is 14.4. The van der Waals surface area contributed by atoms with E-state index in [1.54, 1.807) is 6.20 Å². The number of fused-ring (bicyclic) bond motifs is 1. The summed E-state index contributed by atoms with van der Waals surface area (Å²) in [5.41, 5.74) is 7.87. The molecule has 0 fully saturated rings. The van der Waals surface area contributed by atoms with Gasteiger partial charge in [-0.1, -0.05) is 66.7 Å². The molecular formula is C21H21N3O2. The van der Waals surface area contributed by atoms with Gasteiger partial charge in [0.15, 0.2) is 0 Å². The summed E-state index contributed by atoms with van der Waals surface area (Å²) in [5, 5.41) is 4.74. The highest BCUT2D eigenvalue weighted by Gasteiger charge is 2.03. The van der Waals surface area contributed by atoms with Crippen molar-refractivity contribution in [2.45, 2.75) is 13.0 Å². The van der Waals surface area contributed by atoms with Crippen LogP contribution in [0.5, 0.6) is 0 Å². The molecule has 0 aliphatic carbocycles. The number of carbonyl (C=O) groups is 1. The average Bonchev–Trinajstić information content (AvgIpc) is 2.69. The van der Waals surface area contributed by atoms with Crippen LogP contribution in [0.1, 0.15) is 17.5 Å². The fourth-order valence-corrected chi connectivity index (χ4v) is 2.61. The Bertz CT molecular complexity index is 908. The first kappa shape index (κ1) is 17.5. The van der Waals surface area contributed by atoms with Gasteiger partial charge in [0.05, 0.1) is 0 Å². The number of benzene rings is 2. The monoisotopic (exact) mass is 347 g/mol. The molecule has 5 heteroatoms. The smallest absolute Gasteiger partial charge is 0.407 e. The average molecular weight is 347 g/mol. The van der Waals surface area contributed by atoms with Crippen molar-refractivity contribution in [1.82, 2.24) is 10.3 Å². The number of nitrogens with two attached hydrogens (primary N) is 1. The highest BCUT2D eigenvalue weighted by atomic mass is 16.5. The summed E-state index contributed by atoms with van der Waals surface area (Å²) >= 11 is 0. The van der Waals surface area contributed by atoms with Crippen LogP contribution >= 0.6 is 0 Å². The van der Waals surface area contributed by atoms with Crippen LogP contribution in [0.3, 0.4) is 0 Å². The first-order chi connectivity index (χ1) is 12.7. The topological polar surface area (TPSA) is 77.2 Å². The number of nitrogens with zero attached hydrogens (tertiary/aromatic N) is 1. The Balaban J connectivity index is 1.46. The Labute approximate surface area is 152 Å². The van der Waals surface area contributed by atoms with Crippen LogP contribution in [0.4, 0.5) is 10.6 Å². The number of anilines is 1. The van der Waals surface area contributed by atoms with Crippen LogP contribution in [0.25, 0.3) is 16.8 Å². The lowest BCUT2D eigenvalue weighted by atomic mass is 10.1. The molecule has 0 aliphatic heterocycles. The van der Waals surface area contributed by atoms with Crippen LogP contribution in [0.15, 0.2) is 66.9 Å². The van der Waals surface area contributed by atoms with Crippen molar-refractivity contribution < 1.29 is 9.53 Å². The number of pyridine rings is 1. The number of carbonyl (C=O) groups excluding carboxylic acids is 1. The molecule has 0 radical (unpaired) electrons. The largest absolute Gasteiger partial charge is 0.445 e. The van der Waals surface area contributed by atoms with Gasteiger partial charge >= 0.3 is 6.09 Å². The number of hydrogen-bond donors (Lipinski definition) is 2. The van der Waals surface area contributed by atoms with Crippen LogP contribution in [-0.4, -0.2) is 17.6 Å². The van der Waals surface area contributed by atoms with Gasteiger partial charge in [-0.25, -0.2) is 9.78 Å². The highest BCUT2D eigenvalue weighted by Crippen LogP contribution is 2.23. The molecule has 0 saturated heterocycles. The van der Waals surface area contributed by atoms with Crippen molar-refractivity contribution in [1.29, 1.82) is 0 Å². The predicted molar refractivity (Wildman–Crippen MR) is 104 cm³/mol. The molecular weight excluding hydrogens is 326 g/mol. The number of alkyl carbamates (subject to hydrolysis) is 1. The normalized spacial score (nSPS) is 10.9. The lowest BCUT2D eigenvalue weighted by Gasteiger charge is -2.06. The maximum Gasteiger partial charge on any atom is 0.407 e. The summed E-state index contributed by atoms with van der Waals surface area (Å²) in [6.45, 7) is 0.774. The Kier molecular flexibility index (Phi) is 5.83.